The predicted octanol–water partition coefficient (Wildman–Crippen LogP) is 5.64. The maximum Gasteiger partial charge on any atom is 0.337 e. The van der Waals surface area contributed by atoms with Gasteiger partial charge in [-0.1, -0.05) is 62.2 Å². The third-order valence-corrected chi connectivity index (χ3v) is 4.87. The van der Waals surface area contributed by atoms with Crippen LogP contribution in [0.3, 0.4) is 0 Å². The predicted molar refractivity (Wildman–Crippen MR) is 118 cm³/mol. The van der Waals surface area contributed by atoms with Crippen LogP contribution < -0.4 is 14.2 Å². The molecule has 3 aromatic rings. The Morgan fingerprint density at radius 1 is 0.867 bits per heavy atom. The minimum Gasteiger partial charge on any atom is -0.493 e. The summed E-state index contributed by atoms with van der Waals surface area (Å²) in [4.78, 5) is 12.5. The number of hydrogen-bond donors (Lipinski definition) is 0. The lowest BCUT2D eigenvalue weighted by Gasteiger charge is -2.16. The summed E-state index contributed by atoms with van der Waals surface area (Å²) >= 11 is 0. The minimum absolute atomic E-state index is 0.107. The summed E-state index contributed by atoms with van der Waals surface area (Å²) in [6.07, 6.45) is 3.10. The van der Waals surface area contributed by atoms with Crippen LogP contribution in [0.4, 0.5) is 0 Å². The average molecular weight is 408 g/mol. The van der Waals surface area contributed by atoms with Gasteiger partial charge in [0.15, 0.2) is 11.5 Å². The van der Waals surface area contributed by atoms with Crippen LogP contribution in [0.5, 0.6) is 17.2 Å². The summed E-state index contributed by atoms with van der Waals surface area (Å²) in [6.45, 7) is 2.55. The van der Waals surface area contributed by atoms with Crippen molar-refractivity contribution in [2.24, 2.45) is 0 Å². The van der Waals surface area contributed by atoms with Gasteiger partial charge < -0.3 is 18.9 Å². The molecular formula is C25H28O5. The van der Waals surface area contributed by atoms with E-state index in [0.29, 0.717) is 23.9 Å². The van der Waals surface area contributed by atoms with E-state index in [-0.39, 0.29) is 6.61 Å². The van der Waals surface area contributed by atoms with E-state index >= 15 is 0 Å². The Morgan fingerprint density at radius 2 is 1.67 bits per heavy atom. The Balaban J connectivity index is 1.95. The molecule has 0 bridgehead atoms. The van der Waals surface area contributed by atoms with Crippen molar-refractivity contribution < 1.29 is 23.7 Å². The molecule has 158 valence electrons. The maximum atomic E-state index is 12.5. The van der Waals surface area contributed by atoms with Gasteiger partial charge >= 0.3 is 5.97 Å². The Kier molecular flexibility index (Phi) is 7.69. The first-order valence-corrected chi connectivity index (χ1v) is 10.2. The van der Waals surface area contributed by atoms with Crippen LogP contribution in [0.15, 0.2) is 54.6 Å². The molecule has 0 amide bonds. The zero-order chi connectivity index (χ0) is 21.3. The van der Waals surface area contributed by atoms with E-state index in [4.69, 9.17) is 18.9 Å². The van der Waals surface area contributed by atoms with Crippen LogP contribution in [-0.2, 0) is 9.53 Å². The lowest BCUT2D eigenvalue weighted by molar-refractivity contribution is -0.139. The molecule has 5 nitrogen and oxygen atoms in total. The first kappa shape index (κ1) is 21.7. The monoisotopic (exact) mass is 408 g/mol. The highest BCUT2D eigenvalue weighted by Crippen LogP contribution is 2.44. The number of esters is 1. The van der Waals surface area contributed by atoms with Crippen LogP contribution in [0, 0.1) is 0 Å². The first-order valence-electron chi connectivity index (χ1n) is 10.2. The summed E-state index contributed by atoms with van der Waals surface area (Å²) < 4.78 is 22.2. The highest BCUT2D eigenvalue weighted by Gasteiger charge is 2.20. The number of carbonyl (C=O) groups is 1. The molecule has 0 saturated carbocycles. The van der Waals surface area contributed by atoms with Crippen molar-refractivity contribution in [3.8, 4) is 28.4 Å². The number of carbonyl (C=O) groups excluding carboxylic acids is 1. The molecule has 5 heteroatoms. The molecule has 0 aromatic heterocycles. The Labute approximate surface area is 177 Å². The molecule has 0 aliphatic rings. The van der Waals surface area contributed by atoms with E-state index in [9.17, 15) is 4.79 Å². The Bertz CT molecular complexity index is 982. The van der Waals surface area contributed by atoms with Crippen molar-refractivity contribution in [3.05, 3.63) is 54.6 Å². The zero-order valence-corrected chi connectivity index (χ0v) is 17.8. The molecule has 0 saturated heterocycles. The summed E-state index contributed by atoms with van der Waals surface area (Å²) in [7, 11) is 3.09. The molecule has 0 atom stereocenters. The van der Waals surface area contributed by atoms with E-state index in [1.54, 1.807) is 7.11 Å². The van der Waals surface area contributed by atoms with Crippen molar-refractivity contribution >= 4 is 16.7 Å². The van der Waals surface area contributed by atoms with Crippen molar-refractivity contribution in [2.75, 3.05) is 27.4 Å². The van der Waals surface area contributed by atoms with Gasteiger partial charge in [-0.05, 0) is 35.1 Å². The van der Waals surface area contributed by atoms with E-state index in [1.165, 1.54) is 7.11 Å². The number of ether oxygens (including phenoxy) is 4. The minimum atomic E-state index is -0.468. The summed E-state index contributed by atoms with van der Waals surface area (Å²) in [6, 6.07) is 17.9. The van der Waals surface area contributed by atoms with Crippen molar-refractivity contribution in [3.63, 3.8) is 0 Å². The number of methoxy groups -OCH3 is 2. The molecule has 0 radical (unpaired) electrons. The molecule has 3 aromatic carbocycles. The molecule has 3 rings (SSSR count). The second-order valence-electron chi connectivity index (χ2n) is 6.98. The van der Waals surface area contributed by atoms with Crippen LogP contribution in [0.2, 0.25) is 0 Å². The fourth-order valence-electron chi connectivity index (χ4n) is 3.33. The van der Waals surface area contributed by atoms with Crippen LogP contribution in [-0.4, -0.2) is 33.4 Å². The van der Waals surface area contributed by atoms with Gasteiger partial charge in [-0.15, -0.1) is 0 Å². The van der Waals surface area contributed by atoms with Gasteiger partial charge in [0.25, 0.3) is 0 Å². The SMILES string of the molecule is CCCCCOCC(=O)Oc1c(OC)c(OC)cc2ccc(-c3ccccc3)cc12. The smallest absolute Gasteiger partial charge is 0.337 e. The Morgan fingerprint density at radius 3 is 2.37 bits per heavy atom. The van der Waals surface area contributed by atoms with Crippen molar-refractivity contribution in [1.29, 1.82) is 0 Å². The Hall–Kier alpha value is -3.05. The second-order valence-corrected chi connectivity index (χ2v) is 6.98. The topological polar surface area (TPSA) is 54.0 Å². The van der Waals surface area contributed by atoms with Gasteiger partial charge in [0.1, 0.15) is 6.61 Å². The van der Waals surface area contributed by atoms with Gasteiger partial charge in [0.2, 0.25) is 5.75 Å². The largest absolute Gasteiger partial charge is 0.493 e. The average Bonchev–Trinajstić information content (AvgIpc) is 2.79. The summed E-state index contributed by atoms with van der Waals surface area (Å²) in [5, 5.41) is 1.66. The van der Waals surface area contributed by atoms with Gasteiger partial charge in [-0.25, -0.2) is 4.79 Å². The maximum absolute atomic E-state index is 12.5. The number of fused-ring (bicyclic) bond motifs is 1. The fourth-order valence-corrected chi connectivity index (χ4v) is 3.33. The number of benzene rings is 3. The van der Waals surface area contributed by atoms with Gasteiger partial charge in [-0.2, -0.15) is 0 Å². The van der Waals surface area contributed by atoms with E-state index < -0.39 is 5.97 Å². The van der Waals surface area contributed by atoms with Crippen molar-refractivity contribution in [2.45, 2.75) is 26.2 Å². The highest BCUT2D eigenvalue weighted by atomic mass is 16.6. The summed E-state index contributed by atoms with van der Waals surface area (Å²) in [5.74, 6) is 0.759. The third-order valence-electron chi connectivity index (χ3n) is 4.87. The molecular weight excluding hydrogens is 380 g/mol. The molecule has 0 N–H and O–H groups in total. The normalized spacial score (nSPS) is 10.8. The van der Waals surface area contributed by atoms with Crippen molar-refractivity contribution in [1.82, 2.24) is 0 Å². The van der Waals surface area contributed by atoms with Crippen LogP contribution in [0.1, 0.15) is 26.2 Å². The van der Waals surface area contributed by atoms with Crippen LogP contribution in [0.25, 0.3) is 21.9 Å². The molecule has 0 spiro atoms. The molecule has 0 heterocycles. The molecule has 0 fully saturated rings. The molecule has 0 unspecified atom stereocenters. The van der Waals surface area contributed by atoms with E-state index in [1.807, 2.05) is 54.6 Å². The van der Waals surface area contributed by atoms with Gasteiger partial charge in [0.05, 0.1) is 14.2 Å². The number of unbranched alkanes of at least 4 members (excludes halogenated alkanes) is 2. The lowest BCUT2D eigenvalue weighted by atomic mass is 10.00. The molecule has 0 aliphatic heterocycles. The van der Waals surface area contributed by atoms with E-state index in [0.717, 1.165) is 41.2 Å². The van der Waals surface area contributed by atoms with Crippen LogP contribution >= 0.6 is 0 Å². The molecule has 30 heavy (non-hydrogen) atoms. The summed E-state index contributed by atoms with van der Waals surface area (Å²) in [5.41, 5.74) is 2.09. The number of hydrogen-bond acceptors (Lipinski definition) is 5. The van der Waals surface area contributed by atoms with E-state index in [2.05, 4.69) is 6.92 Å². The number of rotatable bonds is 10. The zero-order valence-electron chi connectivity index (χ0n) is 17.8. The fraction of sp³-hybridized carbons (Fsp3) is 0.320. The second kappa shape index (κ2) is 10.6. The quantitative estimate of drug-likeness (QED) is 0.247. The first-order chi connectivity index (χ1) is 14.7. The van der Waals surface area contributed by atoms with Gasteiger partial charge in [-0.3, -0.25) is 0 Å². The lowest BCUT2D eigenvalue weighted by Crippen LogP contribution is -2.17. The molecule has 0 aliphatic carbocycles. The standard InChI is InChI=1S/C25H28O5/c1-4-5-9-14-29-17-23(26)30-24-21-15-19(18-10-7-6-8-11-18)12-13-20(21)16-22(27-2)25(24)28-3/h6-8,10-13,15-16H,4-5,9,14,17H2,1-3H3. The third kappa shape index (κ3) is 5.10. The highest BCUT2D eigenvalue weighted by molar-refractivity contribution is 5.97. The van der Waals surface area contributed by atoms with Gasteiger partial charge in [0, 0.05) is 12.0 Å².